The molecule has 2 saturated carbocycles. The molecule has 4 nitrogen and oxygen atoms in total. The van der Waals surface area contributed by atoms with Crippen molar-refractivity contribution in [3.05, 3.63) is 0 Å². The highest BCUT2D eigenvalue weighted by Gasteiger charge is 2.40. The predicted molar refractivity (Wildman–Crippen MR) is 67.8 cm³/mol. The summed E-state index contributed by atoms with van der Waals surface area (Å²) in [6.45, 7) is 4.07. The highest BCUT2D eigenvalue weighted by Crippen LogP contribution is 2.38. The Morgan fingerprint density at radius 3 is 2.44 bits per heavy atom. The largest absolute Gasteiger partial charge is 0.455 e. The highest BCUT2D eigenvalue weighted by atomic mass is 16.5. The molecule has 0 spiro atoms. The third-order valence-electron chi connectivity index (χ3n) is 4.22. The summed E-state index contributed by atoms with van der Waals surface area (Å²) in [7, 11) is 0. The summed E-state index contributed by atoms with van der Waals surface area (Å²) in [6, 6.07) is 0.254. The molecule has 0 unspecified atom stereocenters. The Morgan fingerprint density at radius 2 is 1.83 bits per heavy atom. The number of carbonyl (C=O) groups is 2. The minimum absolute atomic E-state index is 0.0337. The van der Waals surface area contributed by atoms with Gasteiger partial charge in [0.15, 0.2) is 6.61 Å². The van der Waals surface area contributed by atoms with Gasteiger partial charge in [-0.05, 0) is 31.1 Å². The maximum absolute atomic E-state index is 11.7. The lowest BCUT2D eigenvalue weighted by molar-refractivity contribution is -0.150. The molecular weight excluding hydrogens is 230 g/mol. The fraction of sp³-hybridized carbons (Fsp3) is 0.857. The van der Waals surface area contributed by atoms with Crippen LogP contribution in [0.5, 0.6) is 0 Å². The van der Waals surface area contributed by atoms with Crippen molar-refractivity contribution in [1.82, 2.24) is 5.32 Å². The predicted octanol–water partition coefficient (Wildman–Crippen LogP) is 1.88. The molecule has 2 fully saturated rings. The maximum atomic E-state index is 11.7. The van der Waals surface area contributed by atoms with E-state index in [-0.39, 0.29) is 30.4 Å². The molecule has 0 aromatic rings. The average Bonchev–Trinajstić information content (AvgIpc) is 3.06. The molecule has 0 bridgehead atoms. The number of ether oxygens (including phenoxy) is 1. The van der Waals surface area contributed by atoms with E-state index in [4.69, 9.17) is 4.74 Å². The molecule has 0 heterocycles. The van der Waals surface area contributed by atoms with Crippen molar-refractivity contribution < 1.29 is 14.3 Å². The third-order valence-corrected chi connectivity index (χ3v) is 4.22. The van der Waals surface area contributed by atoms with Crippen LogP contribution in [0.2, 0.25) is 0 Å². The van der Waals surface area contributed by atoms with E-state index < -0.39 is 0 Å². The van der Waals surface area contributed by atoms with Crippen LogP contribution in [-0.2, 0) is 14.3 Å². The average molecular weight is 253 g/mol. The zero-order valence-electron chi connectivity index (χ0n) is 11.3. The minimum Gasteiger partial charge on any atom is -0.455 e. The van der Waals surface area contributed by atoms with Crippen molar-refractivity contribution in [3.63, 3.8) is 0 Å². The van der Waals surface area contributed by atoms with Gasteiger partial charge in [-0.1, -0.05) is 26.7 Å². The normalized spacial score (nSPS) is 34.8. The molecule has 2 aliphatic rings. The van der Waals surface area contributed by atoms with Crippen LogP contribution < -0.4 is 5.32 Å². The SMILES string of the molecule is C[C@@H]1CCCC[C@@H]1NC(=O)COC(=O)[C@H]1C[C@H]1C. The number of amides is 1. The molecule has 0 radical (unpaired) electrons. The van der Waals surface area contributed by atoms with Crippen molar-refractivity contribution in [1.29, 1.82) is 0 Å². The molecule has 0 saturated heterocycles. The maximum Gasteiger partial charge on any atom is 0.309 e. The van der Waals surface area contributed by atoms with Crippen molar-refractivity contribution in [2.45, 2.75) is 52.0 Å². The van der Waals surface area contributed by atoms with Crippen LogP contribution in [0.1, 0.15) is 46.0 Å². The molecule has 2 aliphatic carbocycles. The quantitative estimate of drug-likeness (QED) is 0.778. The zero-order chi connectivity index (χ0) is 13.1. The van der Waals surface area contributed by atoms with E-state index in [1.54, 1.807) is 0 Å². The van der Waals surface area contributed by atoms with Gasteiger partial charge in [-0.15, -0.1) is 0 Å². The second-order valence-electron chi connectivity index (χ2n) is 5.86. The fourth-order valence-electron chi connectivity index (χ4n) is 2.67. The Kier molecular flexibility index (Phi) is 4.25. The summed E-state index contributed by atoms with van der Waals surface area (Å²) in [4.78, 5) is 23.2. The molecule has 0 aliphatic heterocycles. The second-order valence-corrected chi connectivity index (χ2v) is 5.86. The Bertz CT molecular complexity index is 329. The van der Waals surface area contributed by atoms with E-state index in [0.29, 0.717) is 11.8 Å². The molecule has 0 aromatic carbocycles. The summed E-state index contributed by atoms with van der Waals surface area (Å²) < 4.78 is 5.02. The summed E-state index contributed by atoms with van der Waals surface area (Å²) >= 11 is 0. The molecule has 1 N–H and O–H groups in total. The first-order valence-corrected chi connectivity index (χ1v) is 7.04. The topological polar surface area (TPSA) is 55.4 Å². The van der Waals surface area contributed by atoms with Gasteiger partial charge in [-0.25, -0.2) is 0 Å². The second kappa shape index (κ2) is 5.72. The molecule has 1 amide bonds. The Labute approximate surface area is 108 Å². The van der Waals surface area contributed by atoms with Gasteiger partial charge in [0.05, 0.1) is 5.92 Å². The first-order valence-electron chi connectivity index (χ1n) is 7.04. The smallest absolute Gasteiger partial charge is 0.309 e. The van der Waals surface area contributed by atoms with Crippen LogP contribution in [-0.4, -0.2) is 24.5 Å². The minimum atomic E-state index is -0.214. The van der Waals surface area contributed by atoms with Crippen LogP contribution in [0.3, 0.4) is 0 Å². The summed E-state index contributed by atoms with van der Waals surface area (Å²) in [5.41, 5.74) is 0. The summed E-state index contributed by atoms with van der Waals surface area (Å²) in [5.74, 6) is 0.622. The lowest BCUT2D eigenvalue weighted by Gasteiger charge is -2.29. The van der Waals surface area contributed by atoms with E-state index >= 15 is 0 Å². The van der Waals surface area contributed by atoms with Gasteiger partial charge in [-0.3, -0.25) is 9.59 Å². The van der Waals surface area contributed by atoms with Gasteiger partial charge in [0.25, 0.3) is 5.91 Å². The van der Waals surface area contributed by atoms with Gasteiger partial charge < -0.3 is 10.1 Å². The van der Waals surface area contributed by atoms with Gasteiger partial charge in [0.2, 0.25) is 0 Å². The Balaban J connectivity index is 1.66. The van der Waals surface area contributed by atoms with Gasteiger partial charge in [0.1, 0.15) is 0 Å². The van der Waals surface area contributed by atoms with Crippen molar-refractivity contribution in [2.75, 3.05) is 6.61 Å². The molecule has 18 heavy (non-hydrogen) atoms. The first kappa shape index (κ1) is 13.4. The van der Waals surface area contributed by atoms with E-state index in [1.807, 2.05) is 6.92 Å². The van der Waals surface area contributed by atoms with Crippen LogP contribution in [0.25, 0.3) is 0 Å². The molecule has 102 valence electrons. The fourth-order valence-corrected chi connectivity index (χ4v) is 2.67. The molecule has 4 atom stereocenters. The zero-order valence-corrected chi connectivity index (χ0v) is 11.3. The lowest BCUT2D eigenvalue weighted by Crippen LogP contribution is -2.43. The summed E-state index contributed by atoms with van der Waals surface area (Å²) in [6.07, 6.45) is 5.54. The van der Waals surface area contributed by atoms with E-state index in [0.717, 1.165) is 12.8 Å². The first-order chi connectivity index (χ1) is 8.58. The molecule has 2 rings (SSSR count). The number of rotatable bonds is 4. The number of esters is 1. The van der Waals surface area contributed by atoms with Crippen molar-refractivity contribution in [3.8, 4) is 0 Å². The lowest BCUT2D eigenvalue weighted by atomic mass is 9.86. The molecular formula is C14H23NO3. The van der Waals surface area contributed by atoms with Gasteiger partial charge in [0, 0.05) is 6.04 Å². The Morgan fingerprint density at radius 1 is 1.17 bits per heavy atom. The van der Waals surface area contributed by atoms with Crippen LogP contribution in [0.4, 0.5) is 0 Å². The monoisotopic (exact) mass is 253 g/mol. The number of carbonyl (C=O) groups excluding carboxylic acids is 2. The Hall–Kier alpha value is -1.06. The van der Waals surface area contributed by atoms with Crippen molar-refractivity contribution in [2.24, 2.45) is 17.8 Å². The number of hydrogen-bond acceptors (Lipinski definition) is 3. The van der Waals surface area contributed by atoms with E-state index in [9.17, 15) is 9.59 Å². The van der Waals surface area contributed by atoms with E-state index in [2.05, 4.69) is 12.2 Å². The van der Waals surface area contributed by atoms with Gasteiger partial charge >= 0.3 is 5.97 Å². The molecule has 0 aromatic heterocycles. The van der Waals surface area contributed by atoms with Crippen LogP contribution in [0, 0.1) is 17.8 Å². The third kappa shape index (κ3) is 3.47. The molecule has 4 heteroatoms. The van der Waals surface area contributed by atoms with Crippen LogP contribution >= 0.6 is 0 Å². The van der Waals surface area contributed by atoms with Gasteiger partial charge in [-0.2, -0.15) is 0 Å². The number of nitrogens with one attached hydrogen (secondary N) is 1. The van der Waals surface area contributed by atoms with Crippen molar-refractivity contribution >= 4 is 11.9 Å². The van der Waals surface area contributed by atoms with E-state index in [1.165, 1.54) is 19.3 Å². The number of hydrogen-bond donors (Lipinski definition) is 1. The van der Waals surface area contributed by atoms with Crippen LogP contribution in [0.15, 0.2) is 0 Å². The standard InChI is InChI=1S/C14H23NO3/c1-9-5-3-4-6-12(9)15-13(16)8-18-14(17)11-7-10(11)2/h9-12H,3-8H2,1-2H3,(H,15,16)/t9-,10-,11+,12+/m1/s1. The summed E-state index contributed by atoms with van der Waals surface area (Å²) in [5, 5.41) is 2.98. The highest BCUT2D eigenvalue weighted by molar-refractivity contribution is 5.82.